The molecule has 6 aromatic rings. The molecule has 0 radical (unpaired) electrons. The van der Waals surface area contributed by atoms with Gasteiger partial charge in [0, 0.05) is 0 Å². The third-order valence-corrected chi connectivity index (χ3v) is 11.3. The fraction of sp³-hybridized carbons (Fsp3) is 0.278. The number of ether oxygens (including phenoxy) is 9. The Hall–Kier alpha value is -6.55. The minimum Gasteiger partial charge on any atom is -0.452 e. The Morgan fingerprint density at radius 2 is 0.836 bits per heavy atom. The van der Waals surface area contributed by atoms with Gasteiger partial charge in [-0.1, -0.05) is 146 Å². The van der Waals surface area contributed by atoms with Crippen LogP contribution in [0.25, 0.3) is 0 Å². The zero-order valence-electron chi connectivity index (χ0n) is 36.8. The van der Waals surface area contributed by atoms with Gasteiger partial charge in [-0.25, -0.2) is 14.4 Å². The van der Waals surface area contributed by atoms with Crippen molar-refractivity contribution < 1.29 is 62.1 Å². The molecule has 6 aromatic carbocycles. The highest BCUT2D eigenvalue weighted by Crippen LogP contribution is 2.36. The Labute approximate surface area is 389 Å². The molecule has 0 unspecified atom stereocenters. The van der Waals surface area contributed by atoms with Crippen molar-refractivity contribution in [3.63, 3.8) is 0 Å². The lowest BCUT2D eigenvalue weighted by Gasteiger charge is -2.48. The molecular weight excluding hydrogens is 857 g/mol. The lowest BCUT2D eigenvalue weighted by Crippen LogP contribution is -2.66. The first-order valence-electron chi connectivity index (χ1n) is 22.2. The summed E-state index contributed by atoms with van der Waals surface area (Å²) in [7, 11) is 0. The molecule has 8 rings (SSSR count). The topological polar surface area (TPSA) is 155 Å². The van der Waals surface area contributed by atoms with E-state index in [1.165, 1.54) is 0 Å². The predicted octanol–water partition coefficient (Wildman–Crippen LogP) is 7.90. The molecule has 346 valence electrons. The highest BCUT2D eigenvalue weighted by Gasteiger charge is 2.56. The third kappa shape index (κ3) is 12.5. The zero-order valence-corrected chi connectivity index (χ0v) is 36.8. The molecular formula is C54H52O13. The van der Waals surface area contributed by atoms with Gasteiger partial charge in [0.1, 0.15) is 24.4 Å². The number of carbonyl (C=O) groups is 3. The summed E-state index contributed by atoms with van der Waals surface area (Å²) < 4.78 is 58.0. The van der Waals surface area contributed by atoms with Gasteiger partial charge in [-0.2, -0.15) is 0 Å². The maximum absolute atomic E-state index is 14.2. The number of hydrogen-bond donors (Lipinski definition) is 1. The summed E-state index contributed by atoms with van der Waals surface area (Å²) in [6, 6.07) is 53.3. The standard InChI is InChI=1S/C54H52O13/c1-36-44(64-50(55)40-26-14-5-15-27-40)46(65-51(56)41-28-16-6-17-29-41)49(66-52(57)42-30-18-7-19-31-42)54(62-36)67-47-45(60-33-38-22-10-3-11-23-38)43(35-59-32-37-20-8-2-9-21-37)63-53(58)48(47)61-34-39-24-12-4-13-25-39/h2-31,36,43-49,53-54,58H,32-35H2,1H3/t36-,43-,44-,45-,46+,47+,48-,49-,53+,54+/m1/s1. The monoisotopic (exact) mass is 908 g/mol. The van der Waals surface area contributed by atoms with E-state index < -0.39 is 79.3 Å². The predicted molar refractivity (Wildman–Crippen MR) is 243 cm³/mol. The van der Waals surface area contributed by atoms with Crippen LogP contribution in [0.4, 0.5) is 0 Å². The lowest BCUT2D eigenvalue weighted by molar-refractivity contribution is -0.361. The number of rotatable bonds is 18. The van der Waals surface area contributed by atoms with Gasteiger partial charge in [-0.3, -0.25) is 0 Å². The van der Waals surface area contributed by atoms with E-state index in [1.54, 1.807) is 97.9 Å². The molecule has 13 heteroatoms. The summed E-state index contributed by atoms with van der Waals surface area (Å²) in [6.07, 6.45) is -13.1. The lowest BCUT2D eigenvalue weighted by atomic mass is 9.96. The molecule has 0 amide bonds. The number of benzene rings is 6. The molecule has 0 bridgehead atoms. The van der Waals surface area contributed by atoms with Gasteiger partial charge in [0.15, 0.2) is 30.9 Å². The van der Waals surface area contributed by atoms with Crippen molar-refractivity contribution in [3.8, 4) is 0 Å². The van der Waals surface area contributed by atoms with E-state index in [9.17, 15) is 19.5 Å². The third-order valence-electron chi connectivity index (χ3n) is 11.3. The number of hydrogen-bond acceptors (Lipinski definition) is 13. The van der Waals surface area contributed by atoms with Gasteiger partial charge in [0.25, 0.3) is 0 Å². The van der Waals surface area contributed by atoms with Crippen LogP contribution in [0.5, 0.6) is 0 Å². The highest BCUT2D eigenvalue weighted by atomic mass is 16.8. The van der Waals surface area contributed by atoms with Gasteiger partial charge in [0.2, 0.25) is 0 Å². The number of aliphatic hydroxyl groups is 1. The molecule has 2 saturated heterocycles. The molecule has 2 fully saturated rings. The smallest absolute Gasteiger partial charge is 0.338 e. The van der Waals surface area contributed by atoms with Crippen molar-refractivity contribution in [3.05, 3.63) is 215 Å². The van der Waals surface area contributed by atoms with Crippen LogP contribution in [-0.2, 0) is 62.5 Å². The van der Waals surface area contributed by atoms with E-state index in [0.717, 1.165) is 16.7 Å². The quantitative estimate of drug-likeness (QED) is 0.0657. The molecule has 0 spiro atoms. The Morgan fingerprint density at radius 3 is 1.30 bits per heavy atom. The molecule has 2 aliphatic rings. The minimum atomic E-state index is -1.59. The average molecular weight is 909 g/mol. The molecule has 13 nitrogen and oxygen atoms in total. The maximum atomic E-state index is 14.2. The Bertz CT molecular complexity index is 2450. The van der Waals surface area contributed by atoms with Crippen molar-refractivity contribution in [1.29, 1.82) is 0 Å². The number of carbonyl (C=O) groups excluding carboxylic acids is 3. The molecule has 1 N–H and O–H groups in total. The van der Waals surface area contributed by atoms with Crippen LogP contribution >= 0.6 is 0 Å². The molecule has 2 heterocycles. The summed E-state index contributed by atoms with van der Waals surface area (Å²) >= 11 is 0. The van der Waals surface area contributed by atoms with Crippen molar-refractivity contribution in [2.24, 2.45) is 0 Å². The second-order valence-electron chi connectivity index (χ2n) is 16.1. The SMILES string of the molecule is C[C@H]1O[C@@H](O[C@@H]2[C@@H](OCc3ccccc3)[C@@H](O)O[C@H](COCc3ccccc3)[C@H]2OCc2ccccc2)[C@H](OC(=O)c2ccccc2)[C@@H](OC(=O)c2ccccc2)[C@@H]1OC(=O)c1ccccc1. The van der Waals surface area contributed by atoms with Gasteiger partial charge in [-0.15, -0.1) is 0 Å². The first-order chi connectivity index (χ1) is 32.8. The normalized spacial score (nSPS) is 24.8. The molecule has 0 aromatic heterocycles. The summed E-state index contributed by atoms with van der Waals surface area (Å²) in [5.41, 5.74) is 3.16. The van der Waals surface area contributed by atoms with Gasteiger partial charge in [-0.05, 0) is 60.0 Å². The van der Waals surface area contributed by atoms with Crippen molar-refractivity contribution >= 4 is 17.9 Å². The van der Waals surface area contributed by atoms with Gasteiger partial charge in [0.05, 0.1) is 49.2 Å². The summed E-state index contributed by atoms with van der Waals surface area (Å²) in [5, 5.41) is 11.9. The van der Waals surface area contributed by atoms with E-state index in [1.807, 2.05) is 91.0 Å². The molecule has 67 heavy (non-hydrogen) atoms. The number of esters is 3. The van der Waals surface area contributed by atoms with Crippen LogP contribution in [0.2, 0.25) is 0 Å². The van der Waals surface area contributed by atoms with E-state index in [-0.39, 0.29) is 43.1 Å². The Balaban J connectivity index is 1.18. The summed E-state index contributed by atoms with van der Waals surface area (Å²) in [5.74, 6) is -2.33. The van der Waals surface area contributed by atoms with E-state index in [2.05, 4.69) is 0 Å². The Morgan fingerprint density at radius 1 is 0.448 bits per heavy atom. The number of aliphatic hydroxyl groups excluding tert-OH is 1. The van der Waals surface area contributed by atoms with E-state index in [0.29, 0.717) is 0 Å². The van der Waals surface area contributed by atoms with Crippen molar-refractivity contribution in [2.75, 3.05) is 6.61 Å². The second kappa shape index (κ2) is 23.3. The van der Waals surface area contributed by atoms with Crippen LogP contribution in [0.15, 0.2) is 182 Å². The van der Waals surface area contributed by atoms with Gasteiger partial charge < -0.3 is 47.7 Å². The van der Waals surface area contributed by atoms with Crippen molar-refractivity contribution in [1.82, 2.24) is 0 Å². The fourth-order valence-electron chi connectivity index (χ4n) is 7.92. The van der Waals surface area contributed by atoms with Crippen LogP contribution in [0, 0.1) is 0 Å². The van der Waals surface area contributed by atoms with E-state index in [4.69, 9.17) is 42.6 Å². The summed E-state index contributed by atoms with van der Waals surface area (Å²) in [4.78, 5) is 42.0. The van der Waals surface area contributed by atoms with Gasteiger partial charge >= 0.3 is 17.9 Å². The first kappa shape index (κ1) is 47.0. The van der Waals surface area contributed by atoms with Crippen LogP contribution < -0.4 is 0 Å². The fourth-order valence-corrected chi connectivity index (χ4v) is 7.92. The first-order valence-corrected chi connectivity index (χ1v) is 22.2. The largest absolute Gasteiger partial charge is 0.452 e. The zero-order chi connectivity index (χ0) is 46.4. The summed E-state index contributed by atoms with van der Waals surface area (Å²) in [6.45, 7) is 1.95. The van der Waals surface area contributed by atoms with Crippen LogP contribution in [0.1, 0.15) is 54.7 Å². The molecule has 10 atom stereocenters. The van der Waals surface area contributed by atoms with E-state index >= 15 is 0 Å². The average Bonchev–Trinajstić information content (AvgIpc) is 3.37. The Kier molecular flexibility index (Phi) is 16.3. The highest BCUT2D eigenvalue weighted by molar-refractivity contribution is 5.91. The van der Waals surface area contributed by atoms with Crippen molar-refractivity contribution in [2.45, 2.75) is 88.2 Å². The maximum Gasteiger partial charge on any atom is 0.338 e. The molecule has 0 aliphatic carbocycles. The molecule has 2 aliphatic heterocycles. The second-order valence-corrected chi connectivity index (χ2v) is 16.1. The minimum absolute atomic E-state index is 0.0372. The molecule has 0 saturated carbocycles. The van der Waals surface area contributed by atoms with Crippen LogP contribution in [-0.4, -0.2) is 91.0 Å². The van der Waals surface area contributed by atoms with Crippen LogP contribution in [0.3, 0.4) is 0 Å².